The summed E-state index contributed by atoms with van der Waals surface area (Å²) in [5.74, 6) is 0.530. The van der Waals surface area contributed by atoms with Gasteiger partial charge in [0.2, 0.25) is 5.91 Å². The van der Waals surface area contributed by atoms with Crippen LogP contribution in [0.4, 0.5) is 0 Å². The van der Waals surface area contributed by atoms with Crippen molar-refractivity contribution in [2.45, 2.75) is 32.7 Å². The van der Waals surface area contributed by atoms with Crippen LogP contribution >= 0.6 is 0 Å². The Labute approximate surface area is 195 Å². The molecular weight excluding hydrogens is 414 g/mol. The van der Waals surface area contributed by atoms with Crippen LogP contribution in [0.1, 0.15) is 31.0 Å². The minimum atomic E-state index is -0.296. The number of fused-ring (bicyclic) bond motifs is 1. The maximum absolute atomic E-state index is 13.7. The molecule has 0 bridgehead atoms. The first-order valence-corrected chi connectivity index (χ1v) is 12.0. The fourth-order valence-corrected chi connectivity index (χ4v) is 5.09. The van der Waals surface area contributed by atoms with Crippen molar-refractivity contribution in [2.24, 2.45) is 11.3 Å². The van der Waals surface area contributed by atoms with Gasteiger partial charge < -0.3 is 9.64 Å². The number of hydrogen-bond donors (Lipinski definition) is 0. The number of hydrogen-bond acceptors (Lipinski definition) is 5. The quantitative estimate of drug-likeness (QED) is 0.602. The Hall–Kier alpha value is -2.77. The molecule has 4 heterocycles. The predicted molar refractivity (Wildman–Crippen MR) is 127 cm³/mol. The van der Waals surface area contributed by atoms with Gasteiger partial charge in [-0.3, -0.25) is 9.69 Å². The molecular formula is C26H33N5O2. The first-order chi connectivity index (χ1) is 16.1. The normalized spacial score (nSPS) is 21.7. The molecule has 0 unspecified atom stereocenters. The fraction of sp³-hybridized carbons (Fsp3) is 0.500. The van der Waals surface area contributed by atoms with Gasteiger partial charge in [-0.2, -0.15) is 5.10 Å². The molecule has 174 valence electrons. The van der Waals surface area contributed by atoms with Crippen LogP contribution < -0.4 is 0 Å². The Morgan fingerprint density at radius 2 is 1.94 bits per heavy atom. The molecule has 7 heteroatoms. The van der Waals surface area contributed by atoms with Crippen molar-refractivity contribution < 1.29 is 9.53 Å². The Morgan fingerprint density at radius 3 is 2.76 bits per heavy atom. The highest BCUT2D eigenvalue weighted by Gasteiger charge is 2.40. The number of nitrogens with zero attached hydrogens (tertiary/aromatic N) is 5. The lowest BCUT2D eigenvalue weighted by Crippen LogP contribution is -2.50. The number of likely N-dealkylation sites (tertiary alicyclic amines) is 1. The second-order valence-electron chi connectivity index (χ2n) is 9.77. The Balaban J connectivity index is 1.20. The topological polar surface area (TPSA) is 63.0 Å². The standard InChI is InChI=1S/C26H33N5O2/c1-26(9-12-29(13-10-26)18-21-5-3-2-4-6-21)25(32)30-15-16-33-20-22(19-30)17-23-7-8-24-27-11-14-31(24)28-23/h2-8,11,14,22H,9-10,12-13,15-20H2,1H3/t22-/m1/s1. The number of ether oxygens (including phenoxy) is 1. The van der Waals surface area contributed by atoms with Crippen LogP contribution in [-0.4, -0.2) is 69.7 Å². The van der Waals surface area contributed by atoms with Gasteiger partial charge in [-0.1, -0.05) is 37.3 Å². The molecule has 2 aliphatic rings. The van der Waals surface area contributed by atoms with E-state index in [9.17, 15) is 4.79 Å². The molecule has 0 radical (unpaired) electrons. The molecule has 2 aliphatic heterocycles. The number of rotatable bonds is 5. The summed E-state index contributed by atoms with van der Waals surface area (Å²) in [7, 11) is 0. The van der Waals surface area contributed by atoms with E-state index in [2.05, 4.69) is 57.1 Å². The average molecular weight is 448 g/mol. The van der Waals surface area contributed by atoms with Gasteiger partial charge in [0, 0.05) is 43.4 Å². The molecule has 3 aromatic rings. The maximum atomic E-state index is 13.7. The van der Waals surface area contributed by atoms with Gasteiger partial charge in [0.05, 0.1) is 18.9 Å². The Bertz CT molecular complexity index is 1070. The Kier molecular flexibility index (Phi) is 6.42. The predicted octanol–water partition coefficient (Wildman–Crippen LogP) is 3.05. The van der Waals surface area contributed by atoms with Gasteiger partial charge in [-0.05, 0) is 50.0 Å². The zero-order valence-electron chi connectivity index (χ0n) is 19.4. The summed E-state index contributed by atoms with van der Waals surface area (Å²) >= 11 is 0. The van der Waals surface area contributed by atoms with Crippen molar-refractivity contribution in [3.05, 3.63) is 66.1 Å². The monoisotopic (exact) mass is 447 g/mol. The van der Waals surface area contributed by atoms with Gasteiger partial charge in [0.25, 0.3) is 0 Å². The Morgan fingerprint density at radius 1 is 1.12 bits per heavy atom. The van der Waals surface area contributed by atoms with E-state index in [0.29, 0.717) is 19.8 Å². The first kappa shape index (κ1) is 22.0. The SMILES string of the molecule is CC1(C(=O)N2CCOC[C@H](Cc3ccc4nccn4n3)C2)CCN(Cc2ccccc2)CC1. The van der Waals surface area contributed by atoms with Crippen molar-refractivity contribution in [1.82, 2.24) is 24.4 Å². The molecule has 0 spiro atoms. The van der Waals surface area contributed by atoms with Crippen molar-refractivity contribution >= 4 is 11.6 Å². The summed E-state index contributed by atoms with van der Waals surface area (Å²) in [5.41, 5.74) is 2.89. The first-order valence-electron chi connectivity index (χ1n) is 12.0. The van der Waals surface area contributed by atoms with Crippen LogP contribution in [0.3, 0.4) is 0 Å². The van der Waals surface area contributed by atoms with E-state index in [4.69, 9.17) is 4.74 Å². The number of piperidine rings is 1. The number of imidazole rings is 1. The summed E-state index contributed by atoms with van der Waals surface area (Å²) in [4.78, 5) is 22.4. The van der Waals surface area contributed by atoms with Crippen LogP contribution in [0.25, 0.3) is 5.65 Å². The van der Waals surface area contributed by atoms with Crippen molar-refractivity contribution in [1.29, 1.82) is 0 Å². The van der Waals surface area contributed by atoms with Crippen LogP contribution in [0.15, 0.2) is 54.9 Å². The van der Waals surface area contributed by atoms with Gasteiger partial charge in [0.1, 0.15) is 0 Å². The molecule has 0 N–H and O–H groups in total. The minimum Gasteiger partial charge on any atom is -0.379 e. The summed E-state index contributed by atoms with van der Waals surface area (Å²) in [5, 5.41) is 4.67. The lowest BCUT2D eigenvalue weighted by molar-refractivity contribution is -0.144. The minimum absolute atomic E-state index is 0.242. The molecule has 7 nitrogen and oxygen atoms in total. The summed E-state index contributed by atoms with van der Waals surface area (Å²) in [6.45, 7) is 7.70. The van der Waals surface area contributed by atoms with Crippen LogP contribution in [-0.2, 0) is 22.5 Å². The zero-order valence-corrected chi connectivity index (χ0v) is 19.4. The average Bonchev–Trinajstić information content (AvgIpc) is 3.18. The highest BCUT2D eigenvalue weighted by molar-refractivity contribution is 5.82. The highest BCUT2D eigenvalue weighted by Crippen LogP contribution is 2.34. The van der Waals surface area contributed by atoms with Crippen molar-refractivity contribution in [3.63, 3.8) is 0 Å². The van der Waals surface area contributed by atoms with E-state index in [0.717, 1.165) is 56.8 Å². The summed E-state index contributed by atoms with van der Waals surface area (Å²) in [6.07, 6.45) is 6.22. The molecule has 2 saturated heterocycles. The van der Waals surface area contributed by atoms with Gasteiger partial charge in [-0.15, -0.1) is 0 Å². The van der Waals surface area contributed by atoms with Crippen LogP contribution in [0.2, 0.25) is 0 Å². The second-order valence-corrected chi connectivity index (χ2v) is 9.77. The molecule has 2 aromatic heterocycles. The van der Waals surface area contributed by atoms with E-state index in [1.807, 2.05) is 18.3 Å². The third-order valence-electron chi connectivity index (χ3n) is 7.16. The van der Waals surface area contributed by atoms with E-state index in [-0.39, 0.29) is 17.2 Å². The molecule has 0 saturated carbocycles. The smallest absolute Gasteiger partial charge is 0.228 e. The summed E-state index contributed by atoms with van der Waals surface area (Å²) in [6, 6.07) is 14.6. The zero-order chi connectivity index (χ0) is 22.7. The van der Waals surface area contributed by atoms with E-state index >= 15 is 0 Å². The van der Waals surface area contributed by atoms with Crippen LogP contribution in [0, 0.1) is 11.3 Å². The van der Waals surface area contributed by atoms with Crippen molar-refractivity contribution in [2.75, 3.05) is 39.4 Å². The van der Waals surface area contributed by atoms with E-state index in [1.165, 1.54) is 5.56 Å². The molecule has 1 aromatic carbocycles. The molecule has 5 rings (SSSR count). The van der Waals surface area contributed by atoms with E-state index < -0.39 is 0 Å². The highest BCUT2D eigenvalue weighted by atomic mass is 16.5. The molecule has 33 heavy (non-hydrogen) atoms. The molecule has 0 aliphatic carbocycles. The van der Waals surface area contributed by atoms with Crippen LogP contribution in [0.5, 0.6) is 0 Å². The molecule has 1 amide bonds. The molecule has 2 fully saturated rings. The number of carbonyl (C=O) groups excluding carboxylic acids is 1. The lowest BCUT2D eigenvalue weighted by atomic mass is 9.78. The van der Waals surface area contributed by atoms with Gasteiger partial charge >= 0.3 is 0 Å². The largest absolute Gasteiger partial charge is 0.379 e. The number of carbonyl (C=O) groups is 1. The maximum Gasteiger partial charge on any atom is 0.228 e. The lowest BCUT2D eigenvalue weighted by Gasteiger charge is -2.41. The number of benzene rings is 1. The van der Waals surface area contributed by atoms with Crippen molar-refractivity contribution in [3.8, 4) is 0 Å². The van der Waals surface area contributed by atoms with Gasteiger partial charge in [0.15, 0.2) is 5.65 Å². The number of amides is 1. The third-order valence-corrected chi connectivity index (χ3v) is 7.16. The van der Waals surface area contributed by atoms with E-state index in [1.54, 1.807) is 10.7 Å². The van der Waals surface area contributed by atoms with Gasteiger partial charge in [-0.25, -0.2) is 9.50 Å². The molecule has 1 atom stereocenters. The number of aromatic nitrogens is 3. The summed E-state index contributed by atoms with van der Waals surface area (Å²) < 4.78 is 7.69. The second kappa shape index (κ2) is 9.61. The fourth-order valence-electron chi connectivity index (χ4n) is 5.09. The third kappa shape index (κ3) is 5.09.